The van der Waals surface area contributed by atoms with Gasteiger partial charge in [0.05, 0.1) is 0 Å². The molecule has 0 aliphatic carbocycles. The number of amides is 1. The smallest absolute Gasteiger partial charge is 0.223 e. The standard InChI is InChI=1S/C8H16N2OS/c1-6(3-9)10-4-7(5-12)2-8(10)11/h6-7,12H,2-5,9H2,1H3. The van der Waals surface area contributed by atoms with Crippen LogP contribution >= 0.6 is 12.6 Å². The van der Waals surface area contributed by atoms with Gasteiger partial charge in [-0.05, 0) is 18.6 Å². The first-order chi connectivity index (χ1) is 5.69. The molecular formula is C8H16N2OS. The van der Waals surface area contributed by atoms with Crippen LogP contribution in [0.2, 0.25) is 0 Å². The van der Waals surface area contributed by atoms with Gasteiger partial charge in [-0.25, -0.2) is 0 Å². The van der Waals surface area contributed by atoms with Gasteiger partial charge >= 0.3 is 0 Å². The van der Waals surface area contributed by atoms with E-state index in [0.29, 0.717) is 18.9 Å². The summed E-state index contributed by atoms with van der Waals surface area (Å²) in [6, 6.07) is 0.183. The summed E-state index contributed by atoms with van der Waals surface area (Å²) in [4.78, 5) is 13.2. The molecule has 1 heterocycles. The number of carbonyl (C=O) groups is 1. The van der Waals surface area contributed by atoms with Gasteiger partial charge in [0.25, 0.3) is 0 Å². The molecule has 0 spiro atoms. The van der Waals surface area contributed by atoms with Crippen LogP contribution in [0.3, 0.4) is 0 Å². The molecule has 3 nitrogen and oxygen atoms in total. The molecule has 0 radical (unpaired) electrons. The molecule has 0 bridgehead atoms. The molecule has 4 heteroatoms. The van der Waals surface area contributed by atoms with Gasteiger partial charge in [-0.3, -0.25) is 4.79 Å². The molecule has 1 aliphatic heterocycles. The molecule has 1 aliphatic rings. The van der Waals surface area contributed by atoms with Crippen molar-refractivity contribution in [3.63, 3.8) is 0 Å². The normalized spacial score (nSPS) is 26.4. The van der Waals surface area contributed by atoms with Crippen LogP contribution in [0.15, 0.2) is 0 Å². The Kier molecular flexibility index (Phi) is 3.40. The van der Waals surface area contributed by atoms with E-state index in [-0.39, 0.29) is 11.9 Å². The lowest BCUT2D eigenvalue weighted by Crippen LogP contribution is -2.39. The lowest BCUT2D eigenvalue weighted by molar-refractivity contribution is -0.129. The summed E-state index contributed by atoms with van der Waals surface area (Å²) in [5, 5.41) is 0. The maximum atomic E-state index is 11.4. The molecule has 1 rings (SSSR count). The zero-order valence-corrected chi connectivity index (χ0v) is 8.26. The Morgan fingerprint density at radius 2 is 2.50 bits per heavy atom. The Morgan fingerprint density at radius 3 is 2.92 bits per heavy atom. The van der Waals surface area contributed by atoms with E-state index >= 15 is 0 Å². The molecule has 70 valence electrons. The van der Waals surface area contributed by atoms with Crippen molar-refractivity contribution < 1.29 is 4.79 Å². The van der Waals surface area contributed by atoms with E-state index in [9.17, 15) is 4.79 Å². The van der Waals surface area contributed by atoms with Gasteiger partial charge in [-0.1, -0.05) is 0 Å². The van der Waals surface area contributed by atoms with Crippen LogP contribution in [0.4, 0.5) is 0 Å². The van der Waals surface area contributed by atoms with Crippen molar-refractivity contribution >= 4 is 18.5 Å². The Hall–Kier alpha value is -0.220. The number of nitrogens with two attached hydrogens (primary N) is 1. The van der Waals surface area contributed by atoms with Gasteiger partial charge < -0.3 is 10.6 Å². The number of hydrogen-bond acceptors (Lipinski definition) is 3. The number of hydrogen-bond donors (Lipinski definition) is 2. The minimum atomic E-state index is 0.183. The molecule has 0 aromatic heterocycles. The van der Waals surface area contributed by atoms with Crippen LogP contribution in [0.1, 0.15) is 13.3 Å². The summed E-state index contributed by atoms with van der Waals surface area (Å²) in [5.41, 5.74) is 5.49. The minimum Gasteiger partial charge on any atom is -0.338 e. The second-order valence-electron chi connectivity index (χ2n) is 3.38. The van der Waals surface area contributed by atoms with Gasteiger partial charge in [-0.15, -0.1) is 0 Å². The zero-order chi connectivity index (χ0) is 9.14. The van der Waals surface area contributed by atoms with Crippen molar-refractivity contribution in [1.29, 1.82) is 0 Å². The van der Waals surface area contributed by atoms with E-state index in [1.54, 1.807) is 0 Å². The highest BCUT2D eigenvalue weighted by Gasteiger charge is 2.30. The molecule has 2 atom stereocenters. The van der Waals surface area contributed by atoms with Crippen molar-refractivity contribution in [2.75, 3.05) is 18.8 Å². The van der Waals surface area contributed by atoms with E-state index in [2.05, 4.69) is 12.6 Å². The van der Waals surface area contributed by atoms with Gasteiger partial charge in [0, 0.05) is 25.6 Å². The van der Waals surface area contributed by atoms with Crippen molar-refractivity contribution in [1.82, 2.24) is 4.90 Å². The SMILES string of the molecule is CC(CN)N1CC(CS)CC1=O. The molecule has 1 fully saturated rings. The maximum Gasteiger partial charge on any atom is 0.223 e. The molecule has 0 aromatic carbocycles. The predicted molar refractivity (Wildman–Crippen MR) is 52.2 cm³/mol. The molecule has 12 heavy (non-hydrogen) atoms. The number of likely N-dealkylation sites (tertiary alicyclic amines) is 1. The number of thiol groups is 1. The molecule has 0 aromatic rings. The first-order valence-electron chi connectivity index (χ1n) is 4.29. The van der Waals surface area contributed by atoms with Gasteiger partial charge in [-0.2, -0.15) is 12.6 Å². The summed E-state index contributed by atoms with van der Waals surface area (Å²) in [5.74, 6) is 1.45. The number of rotatable bonds is 3. The van der Waals surface area contributed by atoms with Crippen LogP contribution in [-0.4, -0.2) is 35.7 Å². The van der Waals surface area contributed by atoms with Crippen LogP contribution in [-0.2, 0) is 4.79 Å². The minimum absolute atomic E-state index is 0.183. The zero-order valence-electron chi connectivity index (χ0n) is 7.36. The molecular weight excluding hydrogens is 172 g/mol. The second kappa shape index (κ2) is 4.14. The van der Waals surface area contributed by atoms with Crippen LogP contribution in [0, 0.1) is 5.92 Å². The summed E-state index contributed by atoms with van der Waals surface area (Å²) in [7, 11) is 0. The third-order valence-corrected chi connectivity index (χ3v) is 2.89. The summed E-state index contributed by atoms with van der Waals surface area (Å²) < 4.78 is 0. The molecule has 0 saturated carbocycles. The van der Waals surface area contributed by atoms with Gasteiger partial charge in [0.15, 0.2) is 0 Å². The second-order valence-corrected chi connectivity index (χ2v) is 3.75. The Bertz CT molecular complexity index is 174. The van der Waals surface area contributed by atoms with Crippen LogP contribution in [0.25, 0.3) is 0 Å². The van der Waals surface area contributed by atoms with Crippen molar-refractivity contribution in [3.8, 4) is 0 Å². The fourth-order valence-corrected chi connectivity index (χ4v) is 1.73. The van der Waals surface area contributed by atoms with E-state index in [1.165, 1.54) is 0 Å². The van der Waals surface area contributed by atoms with Crippen LogP contribution < -0.4 is 5.73 Å². The van der Waals surface area contributed by atoms with Crippen molar-refractivity contribution in [2.24, 2.45) is 11.7 Å². The van der Waals surface area contributed by atoms with E-state index in [1.807, 2.05) is 11.8 Å². The Labute approximate surface area is 78.7 Å². The van der Waals surface area contributed by atoms with Crippen LogP contribution in [0.5, 0.6) is 0 Å². The molecule has 1 amide bonds. The largest absolute Gasteiger partial charge is 0.338 e. The summed E-state index contributed by atoms with van der Waals surface area (Å²) >= 11 is 4.18. The average molecular weight is 188 g/mol. The summed E-state index contributed by atoms with van der Waals surface area (Å²) in [6.45, 7) is 3.37. The Balaban J connectivity index is 2.51. The first-order valence-corrected chi connectivity index (χ1v) is 4.92. The van der Waals surface area contributed by atoms with Gasteiger partial charge in [0.1, 0.15) is 0 Å². The number of nitrogens with zero attached hydrogens (tertiary/aromatic N) is 1. The quantitative estimate of drug-likeness (QED) is 0.618. The topological polar surface area (TPSA) is 46.3 Å². The van der Waals surface area contributed by atoms with E-state index < -0.39 is 0 Å². The third-order valence-electron chi connectivity index (χ3n) is 2.37. The first kappa shape index (κ1) is 9.86. The van der Waals surface area contributed by atoms with Crippen molar-refractivity contribution in [3.05, 3.63) is 0 Å². The highest BCUT2D eigenvalue weighted by Crippen LogP contribution is 2.20. The van der Waals surface area contributed by atoms with Gasteiger partial charge in [0.2, 0.25) is 5.91 Å². The maximum absolute atomic E-state index is 11.4. The van der Waals surface area contributed by atoms with E-state index in [0.717, 1.165) is 12.3 Å². The van der Waals surface area contributed by atoms with E-state index in [4.69, 9.17) is 5.73 Å². The Morgan fingerprint density at radius 1 is 1.83 bits per heavy atom. The summed E-state index contributed by atoms with van der Waals surface area (Å²) in [6.07, 6.45) is 0.647. The number of carbonyl (C=O) groups excluding carboxylic acids is 1. The predicted octanol–water partition coefficient (Wildman–Crippen LogP) is 0.112. The monoisotopic (exact) mass is 188 g/mol. The van der Waals surface area contributed by atoms with Crippen molar-refractivity contribution in [2.45, 2.75) is 19.4 Å². The third kappa shape index (κ3) is 1.93. The average Bonchev–Trinajstić information content (AvgIpc) is 2.45. The molecule has 2 unspecified atom stereocenters. The lowest BCUT2D eigenvalue weighted by Gasteiger charge is -2.23. The highest BCUT2D eigenvalue weighted by molar-refractivity contribution is 7.80. The lowest BCUT2D eigenvalue weighted by atomic mass is 10.1. The molecule has 1 saturated heterocycles. The fourth-order valence-electron chi connectivity index (χ4n) is 1.48. The fraction of sp³-hybridized carbons (Fsp3) is 0.875. The molecule has 2 N–H and O–H groups in total. The highest BCUT2D eigenvalue weighted by atomic mass is 32.1.